The molecule has 1 aliphatic rings. The minimum absolute atomic E-state index is 0. The van der Waals surface area contributed by atoms with Crippen LogP contribution in [0.15, 0.2) is 34.2 Å². The van der Waals surface area contributed by atoms with E-state index in [2.05, 4.69) is 15.0 Å². The molecule has 7 nitrogen and oxygen atoms in total. The molecule has 24 heavy (non-hydrogen) atoms. The Hall–Kier alpha value is -1.64. The van der Waals surface area contributed by atoms with Crippen LogP contribution in [0.2, 0.25) is 0 Å². The van der Waals surface area contributed by atoms with E-state index in [1.807, 2.05) is 6.92 Å². The van der Waals surface area contributed by atoms with E-state index in [0.717, 1.165) is 6.42 Å². The van der Waals surface area contributed by atoms with Crippen molar-refractivity contribution < 1.29 is 13.2 Å². The Balaban J connectivity index is 0.00000288. The number of nitrogens with two attached hydrogens (primary N) is 1. The van der Waals surface area contributed by atoms with Crippen LogP contribution >= 0.6 is 12.4 Å². The first-order chi connectivity index (χ1) is 10.9. The molecule has 0 fully saturated rings. The summed E-state index contributed by atoms with van der Waals surface area (Å²) in [5.74, 6) is 0.293. The highest BCUT2D eigenvalue weighted by Crippen LogP contribution is 2.17. The molecule has 1 aromatic carbocycles. The van der Waals surface area contributed by atoms with Gasteiger partial charge in [0, 0.05) is 31.1 Å². The fourth-order valence-electron chi connectivity index (χ4n) is 2.16. The number of nitrogens with zero attached hydrogens (tertiary/aromatic N) is 1. The summed E-state index contributed by atoms with van der Waals surface area (Å²) in [6.45, 7) is 2.48. The van der Waals surface area contributed by atoms with Crippen LogP contribution < -0.4 is 15.8 Å². The van der Waals surface area contributed by atoms with Gasteiger partial charge in [0.1, 0.15) is 5.84 Å². The number of hydrogen-bond acceptors (Lipinski definition) is 5. The number of amides is 1. The van der Waals surface area contributed by atoms with Crippen LogP contribution in [0.1, 0.15) is 32.6 Å². The van der Waals surface area contributed by atoms with Gasteiger partial charge in [-0.1, -0.05) is 6.07 Å². The number of anilines is 1. The highest BCUT2D eigenvalue weighted by Gasteiger charge is 2.18. The molecule has 0 bridgehead atoms. The number of nitrogens with one attached hydrogen (secondary N) is 2. The maximum Gasteiger partial charge on any atom is 0.262 e. The molecule has 0 spiro atoms. The van der Waals surface area contributed by atoms with Crippen LogP contribution in [-0.2, 0) is 14.8 Å². The van der Waals surface area contributed by atoms with E-state index in [1.54, 1.807) is 12.1 Å². The first-order valence-electron chi connectivity index (χ1n) is 7.58. The van der Waals surface area contributed by atoms with Crippen LogP contribution in [0.4, 0.5) is 5.69 Å². The number of hydrogen-bond donors (Lipinski definition) is 3. The van der Waals surface area contributed by atoms with Crippen LogP contribution in [0.25, 0.3) is 0 Å². The van der Waals surface area contributed by atoms with Gasteiger partial charge in [-0.3, -0.25) is 14.5 Å². The first kappa shape index (κ1) is 20.4. The van der Waals surface area contributed by atoms with E-state index < -0.39 is 10.0 Å². The van der Waals surface area contributed by atoms with E-state index in [0.29, 0.717) is 37.3 Å². The molecule has 4 N–H and O–H groups in total. The lowest BCUT2D eigenvalue weighted by Crippen LogP contribution is -2.29. The number of sulfonamides is 1. The maximum absolute atomic E-state index is 12.3. The summed E-state index contributed by atoms with van der Waals surface area (Å²) in [6.07, 6.45) is 2.36. The van der Waals surface area contributed by atoms with Gasteiger partial charge >= 0.3 is 0 Å². The Morgan fingerprint density at radius 2 is 2.17 bits per heavy atom. The van der Waals surface area contributed by atoms with Gasteiger partial charge in [0.25, 0.3) is 10.0 Å². The average Bonchev–Trinajstić information content (AvgIpc) is 2.97. The third kappa shape index (κ3) is 6.10. The summed E-state index contributed by atoms with van der Waals surface area (Å²) < 4.78 is 27.1. The highest BCUT2D eigenvalue weighted by molar-refractivity contribution is 7.90. The van der Waals surface area contributed by atoms with Crippen molar-refractivity contribution in [3.63, 3.8) is 0 Å². The molecular weight excluding hydrogens is 352 g/mol. The Kier molecular flexibility index (Phi) is 7.65. The van der Waals surface area contributed by atoms with Gasteiger partial charge in [0.2, 0.25) is 5.91 Å². The Labute approximate surface area is 148 Å². The van der Waals surface area contributed by atoms with Crippen LogP contribution in [-0.4, -0.2) is 32.7 Å². The molecular formula is C15H23ClN4O3S. The topological polar surface area (TPSA) is 114 Å². The smallest absolute Gasteiger partial charge is 0.262 e. The van der Waals surface area contributed by atoms with Crippen molar-refractivity contribution in [1.29, 1.82) is 0 Å². The molecule has 1 aromatic rings. The molecule has 1 heterocycles. The van der Waals surface area contributed by atoms with Gasteiger partial charge in [-0.05, 0) is 38.0 Å². The fourth-order valence-corrected chi connectivity index (χ4v) is 3.29. The lowest BCUT2D eigenvalue weighted by molar-refractivity contribution is -0.116. The summed E-state index contributed by atoms with van der Waals surface area (Å²) in [7, 11) is -3.68. The zero-order valence-corrected chi connectivity index (χ0v) is 15.1. The summed E-state index contributed by atoms with van der Waals surface area (Å²) >= 11 is 0. The van der Waals surface area contributed by atoms with Crippen molar-refractivity contribution in [3.8, 4) is 0 Å². The number of carbonyl (C=O) groups excluding carboxylic acids is 1. The van der Waals surface area contributed by atoms with Crippen molar-refractivity contribution in [3.05, 3.63) is 24.3 Å². The largest absolute Gasteiger partial charge is 0.328 e. The second-order valence-electron chi connectivity index (χ2n) is 5.63. The summed E-state index contributed by atoms with van der Waals surface area (Å²) in [6, 6.07) is 6.10. The van der Waals surface area contributed by atoms with Gasteiger partial charge in [-0.15, -0.1) is 12.4 Å². The van der Waals surface area contributed by atoms with Gasteiger partial charge in [0.15, 0.2) is 0 Å². The van der Waals surface area contributed by atoms with E-state index in [4.69, 9.17) is 5.73 Å². The molecule has 1 aliphatic heterocycles. The molecule has 0 saturated heterocycles. The molecule has 1 unspecified atom stereocenters. The number of aliphatic imine (C=N–C) groups is 1. The Bertz CT molecular complexity index is 704. The first-order valence-corrected chi connectivity index (χ1v) is 9.07. The zero-order valence-electron chi connectivity index (χ0n) is 13.5. The summed E-state index contributed by atoms with van der Waals surface area (Å²) in [4.78, 5) is 16.0. The maximum atomic E-state index is 12.3. The number of halogens is 1. The van der Waals surface area contributed by atoms with Crippen LogP contribution in [0.3, 0.4) is 0 Å². The minimum Gasteiger partial charge on any atom is -0.328 e. The van der Waals surface area contributed by atoms with Crippen molar-refractivity contribution in [2.75, 3.05) is 11.9 Å². The van der Waals surface area contributed by atoms with Crippen molar-refractivity contribution in [1.82, 2.24) is 4.72 Å². The number of carbonyl (C=O) groups is 1. The van der Waals surface area contributed by atoms with Crippen molar-refractivity contribution >= 4 is 39.9 Å². The number of benzene rings is 1. The second-order valence-corrected chi connectivity index (χ2v) is 7.31. The van der Waals surface area contributed by atoms with E-state index in [9.17, 15) is 13.2 Å². The molecule has 1 amide bonds. The van der Waals surface area contributed by atoms with E-state index >= 15 is 0 Å². The van der Waals surface area contributed by atoms with Gasteiger partial charge < -0.3 is 11.1 Å². The summed E-state index contributed by atoms with van der Waals surface area (Å²) in [5, 5.41) is 2.69. The van der Waals surface area contributed by atoms with E-state index in [-0.39, 0.29) is 29.3 Å². The molecule has 0 aromatic heterocycles. The van der Waals surface area contributed by atoms with Crippen LogP contribution in [0, 0.1) is 0 Å². The van der Waals surface area contributed by atoms with Gasteiger partial charge in [0.05, 0.1) is 4.90 Å². The molecule has 0 aliphatic carbocycles. The quantitative estimate of drug-likeness (QED) is 0.702. The molecule has 0 radical (unpaired) electrons. The average molecular weight is 375 g/mol. The SMILES string of the molecule is CC(N)CCC(=O)Nc1cccc(S(=O)(=O)NC2=NCCC2)c1.Cl. The molecule has 0 saturated carbocycles. The molecule has 134 valence electrons. The normalized spacial score (nSPS) is 15.2. The molecule has 9 heteroatoms. The second kappa shape index (κ2) is 9.00. The Morgan fingerprint density at radius 1 is 1.42 bits per heavy atom. The van der Waals surface area contributed by atoms with Crippen molar-refractivity contribution in [2.45, 2.75) is 43.5 Å². The standard InChI is InChI=1S/C15H22N4O3S.ClH/c1-11(16)7-8-15(20)18-12-4-2-5-13(10-12)23(21,22)19-14-6-3-9-17-14;/h2,4-5,10-11H,3,6-9,16H2,1H3,(H,17,19)(H,18,20);1H. The minimum atomic E-state index is -3.68. The van der Waals surface area contributed by atoms with E-state index in [1.165, 1.54) is 12.1 Å². The predicted molar refractivity (Wildman–Crippen MR) is 97.1 cm³/mol. The monoisotopic (exact) mass is 374 g/mol. The lowest BCUT2D eigenvalue weighted by Gasteiger charge is -2.10. The third-order valence-electron chi connectivity index (χ3n) is 3.38. The Morgan fingerprint density at radius 3 is 2.79 bits per heavy atom. The van der Waals surface area contributed by atoms with Crippen LogP contribution in [0.5, 0.6) is 0 Å². The van der Waals surface area contributed by atoms with Gasteiger partial charge in [-0.2, -0.15) is 0 Å². The zero-order chi connectivity index (χ0) is 16.9. The fraction of sp³-hybridized carbons (Fsp3) is 0.467. The summed E-state index contributed by atoms with van der Waals surface area (Å²) in [5.41, 5.74) is 6.05. The predicted octanol–water partition coefficient (Wildman–Crippen LogP) is 1.64. The number of rotatable bonds is 6. The number of amidine groups is 1. The van der Waals surface area contributed by atoms with Gasteiger partial charge in [-0.25, -0.2) is 8.42 Å². The highest BCUT2D eigenvalue weighted by atomic mass is 35.5. The molecule has 2 rings (SSSR count). The third-order valence-corrected chi connectivity index (χ3v) is 4.76. The molecule has 1 atom stereocenters. The van der Waals surface area contributed by atoms with Crippen molar-refractivity contribution in [2.24, 2.45) is 10.7 Å². The lowest BCUT2D eigenvalue weighted by atomic mass is 10.2.